The van der Waals surface area contributed by atoms with Crippen molar-refractivity contribution in [1.29, 1.82) is 0 Å². The average Bonchev–Trinajstić information content (AvgIpc) is 3.39. The molecule has 3 aromatic rings. The van der Waals surface area contributed by atoms with Gasteiger partial charge in [0.2, 0.25) is 0 Å². The van der Waals surface area contributed by atoms with Crippen LogP contribution in [0.3, 0.4) is 0 Å². The van der Waals surface area contributed by atoms with Gasteiger partial charge >= 0.3 is 0 Å². The van der Waals surface area contributed by atoms with Crippen molar-refractivity contribution in [3.63, 3.8) is 0 Å². The molecular weight excluding hydrogens is 491 g/mol. The molecule has 3 saturated heterocycles. The van der Waals surface area contributed by atoms with E-state index in [1.807, 2.05) is 36.4 Å². The molecule has 7 heteroatoms. The normalized spacial score (nSPS) is 27.3. The standard InChI is InChI=1S/C30H36FN2O3.ClH/c31-25-11-13-26(14-12-25)35-28-21-33(17-15-22(28)16-18-33)20-27-19-29(32-36-27)30(34,23-7-3-1-4-8-23)24-9-5-2-6-10-24;/h1,3-4,7-8,11-14,19,22,24,28,34H,2,5-6,9-10,15-18,20-21H2;1H/q+1;/p-1/t22?,28?,30-,33?;/m0./s1. The molecule has 0 amide bonds. The molecule has 1 aromatic heterocycles. The van der Waals surface area contributed by atoms with Crippen LogP contribution in [-0.2, 0) is 12.1 Å². The molecule has 1 unspecified atom stereocenters. The lowest BCUT2D eigenvalue weighted by Crippen LogP contribution is -3.00. The summed E-state index contributed by atoms with van der Waals surface area (Å²) < 4.78 is 26.5. The lowest BCUT2D eigenvalue weighted by atomic mass is 9.71. The topological polar surface area (TPSA) is 55.5 Å². The summed E-state index contributed by atoms with van der Waals surface area (Å²) in [6, 6.07) is 18.3. The van der Waals surface area contributed by atoms with E-state index in [0.717, 1.165) is 86.3 Å². The molecule has 2 atom stereocenters. The van der Waals surface area contributed by atoms with Crippen LogP contribution in [0, 0.1) is 17.7 Å². The maximum Gasteiger partial charge on any atom is 0.191 e. The molecule has 37 heavy (non-hydrogen) atoms. The molecule has 4 aliphatic rings. The largest absolute Gasteiger partial charge is 1.00 e. The van der Waals surface area contributed by atoms with Gasteiger partial charge in [0.1, 0.15) is 36.0 Å². The summed E-state index contributed by atoms with van der Waals surface area (Å²) in [7, 11) is 0. The minimum atomic E-state index is -1.13. The summed E-state index contributed by atoms with van der Waals surface area (Å²) in [6.07, 6.45) is 7.85. The number of quaternary nitrogens is 1. The van der Waals surface area contributed by atoms with Gasteiger partial charge in [-0.25, -0.2) is 4.39 Å². The Balaban J connectivity index is 0.00000280. The van der Waals surface area contributed by atoms with E-state index in [0.29, 0.717) is 11.6 Å². The molecule has 1 aliphatic carbocycles. The highest BCUT2D eigenvalue weighted by Crippen LogP contribution is 2.44. The number of hydrogen-bond donors (Lipinski definition) is 1. The Morgan fingerprint density at radius 2 is 1.68 bits per heavy atom. The van der Waals surface area contributed by atoms with Crippen LogP contribution in [0.25, 0.3) is 0 Å². The van der Waals surface area contributed by atoms with E-state index < -0.39 is 5.60 Å². The quantitative estimate of drug-likeness (QED) is 0.481. The number of aliphatic hydroxyl groups is 1. The molecule has 5 nitrogen and oxygen atoms in total. The average molecular weight is 527 g/mol. The fourth-order valence-electron chi connectivity index (χ4n) is 6.97. The van der Waals surface area contributed by atoms with Crippen LogP contribution >= 0.6 is 0 Å². The fraction of sp³-hybridized carbons (Fsp3) is 0.500. The van der Waals surface area contributed by atoms with Crippen molar-refractivity contribution in [2.75, 3.05) is 19.6 Å². The highest BCUT2D eigenvalue weighted by Gasteiger charge is 2.48. The van der Waals surface area contributed by atoms with Gasteiger partial charge in [0.05, 0.1) is 13.1 Å². The van der Waals surface area contributed by atoms with Gasteiger partial charge in [0.15, 0.2) is 11.9 Å². The number of hydrogen-bond acceptors (Lipinski definition) is 4. The minimum absolute atomic E-state index is 0. The zero-order chi connectivity index (χ0) is 24.6. The predicted octanol–water partition coefficient (Wildman–Crippen LogP) is 2.82. The Morgan fingerprint density at radius 3 is 2.38 bits per heavy atom. The van der Waals surface area contributed by atoms with Gasteiger partial charge in [0, 0.05) is 24.8 Å². The first-order chi connectivity index (χ1) is 17.5. The molecule has 1 saturated carbocycles. The summed E-state index contributed by atoms with van der Waals surface area (Å²) >= 11 is 0. The van der Waals surface area contributed by atoms with Crippen LogP contribution in [0.1, 0.15) is 62.0 Å². The van der Waals surface area contributed by atoms with Gasteiger partial charge in [0.25, 0.3) is 0 Å². The van der Waals surface area contributed by atoms with Crippen LogP contribution < -0.4 is 17.1 Å². The monoisotopic (exact) mass is 526 g/mol. The number of aromatic nitrogens is 1. The van der Waals surface area contributed by atoms with Crippen molar-refractivity contribution in [3.05, 3.63) is 83.5 Å². The molecule has 2 aromatic carbocycles. The number of halogens is 2. The zero-order valence-corrected chi connectivity index (χ0v) is 22.0. The summed E-state index contributed by atoms with van der Waals surface area (Å²) in [5, 5.41) is 16.7. The maximum atomic E-state index is 13.3. The molecule has 0 radical (unpaired) electrons. The van der Waals surface area contributed by atoms with Crippen LogP contribution in [0.2, 0.25) is 0 Å². The van der Waals surface area contributed by atoms with Crippen molar-refractivity contribution in [1.82, 2.24) is 5.16 Å². The first kappa shape index (κ1) is 26.2. The van der Waals surface area contributed by atoms with Crippen molar-refractivity contribution >= 4 is 0 Å². The van der Waals surface area contributed by atoms with Crippen molar-refractivity contribution in [2.45, 2.75) is 63.2 Å². The summed E-state index contributed by atoms with van der Waals surface area (Å²) in [4.78, 5) is 0. The van der Waals surface area contributed by atoms with Crippen LogP contribution in [-0.4, -0.2) is 40.5 Å². The second-order valence-electron chi connectivity index (χ2n) is 11.2. The van der Waals surface area contributed by atoms with Crippen LogP contribution in [0.5, 0.6) is 5.75 Å². The molecule has 198 valence electrons. The third-order valence-corrected chi connectivity index (χ3v) is 8.99. The molecule has 4 heterocycles. The van der Waals surface area contributed by atoms with E-state index in [1.165, 1.54) is 18.6 Å². The third-order valence-electron chi connectivity index (χ3n) is 8.99. The Labute approximate surface area is 224 Å². The number of fused-ring (bicyclic) bond motifs is 3. The summed E-state index contributed by atoms with van der Waals surface area (Å²) in [5.74, 6) is 1.99. The smallest absolute Gasteiger partial charge is 0.191 e. The maximum absolute atomic E-state index is 13.3. The Hall–Kier alpha value is -2.41. The number of piperidine rings is 3. The lowest BCUT2D eigenvalue weighted by Gasteiger charge is -2.51. The van der Waals surface area contributed by atoms with Crippen molar-refractivity contribution < 1.29 is 35.6 Å². The number of nitrogens with zero attached hydrogens (tertiary/aromatic N) is 2. The number of ether oxygens (including phenoxy) is 1. The molecule has 0 spiro atoms. The lowest BCUT2D eigenvalue weighted by molar-refractivity contribution is -0.959. The Kier molecular flexibility index (Phi) is 7.62. The fourth-order valence-corrected chi connectivity index (χ4v) is 6.97. The SMILES string of the molecule is O[C@](c1ccccc1)(c1cc(C[N+]23CCC(CC2)C(Oc2ccc(F)cc2)C3)on1)C1CCCCC1.[Cl-]. The highest BCUT2D eigenvalue weighted by atomic mass is 35.5. The first-order valence-electron chi connectivity index (χ1n) is 13.6. The molecule has 1 N–H and O–H groups in total. The van der Waals surface area contributed by atoms with E-state index in [4.69, 9.17) is 9.26 Å². The van der Waals surface area contributed by atoms with Gasteiger partial charge < -0.3 is 31.3 Å². The predicted molar refractivity (Wildman–Crippen MR) is 135 cm³/mol. The molecule has 7 rings (SSSR count). The van der Waals surface area contributed by atoms with E-state index in [-0.39, 0.29) is 30.2 Å². The third kappa shape index (κ3) is 5.16. The van der Waals surface area contributed by atoms with Gasteiger partial charge in [-0.2, -0.15) is 0 Å². The summed E-state index contributed by atoms with van der Waals surface area (Å²) in [6.45, 7) is 3.84. The molecule has 3 aliphatic heterocycles. The molecule has 2 bridgehead atoms. The molecule has 4 fully saturated rings. The van der Waals surface area contributed by atoms with E-state index >= 15 is 0 Å². The van der Waals surface area contributed by atoms with E-state index in [9.17, 15) is 9.50 Å². The van der Waals surface area contributed by atoms with Crippen molar-refractivity contribution in [3.8, 4) is 5.75 Å². The van der Waals surface area contributed by atoms with E-state index in [2.05, 4.69) is 5.16 Å². The second kappa shape index (κ2) is 10.8. The van der Waals surface area contributed by atoms with Gasteiger partial charge in [-0.3, -0.25) is 0 Å². The summed E-state index contributed by atoms with van der Waals surface area (Å²) in [5.41, 5.74) is 0.405. The number of rotatable bonds is 7. The first-order valence-corrected chi connectivity index (χ1v) is 13.6. The van der Waals surface area contributed by atoms with Gasteiger partial charge in [-0.1, -0.05) is 54.8 Å². The van der Waals surface area contributed by atoms with Crippen molar-refractivity contribution in [2.24, 2.45) is 11.8 Å². The zero-order valence-electron chi connectivity index (χ0n) is 21.2. The second-order valence-corrected chi connectivity index (χ2v) is 11.2. The highest BCUT2D eigenvalue weighted by molar-refractivity contribution is 5.33. The molecular formula is C30H36ClFN2O3. The van der Waals surface area contributed by atoms with Gasteiger partial charge in [-0.05, 0) is 48.6 Å². The number of benzene rings is 2. The van der Waals surface area contributed by atoms with Crippen LogP contribution in [0.4, 0.5) is 4.39 Å². The van der Waals surface area contributed by atoms with E-state index in [1.54, 1.807) is 12.1 Å². The van der Waals surface area contributed by atoms with Crippen LogP contribution in [0.15, 0.2) is 65.2 Å². The van der Waals surface area contributed by atoms with Gasteiger partial charge in [-0.15, -0.1) is 0 Å². The minimum Gasteiger partial charge on any atom is -1.00 e. The Morgan fingerprint density at radius 1 is 0.973 bits per heavy atom. The Bertz CT molecular complexity index is 1160.